The zero-order chi connectivity index (χ0) is 15.2. The van der Waals surface area contributed by atoms with Gasteiger partial charge in [-0.3, -0.25) is 0 Å². The number of rotatable bonds is 4. The highest BCUT2D eigenvalue weighted by Crippen LogP contribution is 2.12. The van der Waals surface area contributed by atoms with Gasteiger partial charge in [0.1, 0.15) is 5.82 Å². The lowest BCUT2D eigenvalue weighted by molar-refractivity contribution is 0.196. The van der Waals surface area contributed by atoms with Crippen molar-refractivity contribution < 1.29 is 4.79 Å². The highest BCUT2D eigenvalue weighted by molar-refractivity contribution is 5.89. The summed E-state index contributed by atoms with van der Waals surface area (Å²) in [7, 11) is 3.87. The van der Waals surface area contributed by atoms with Crippen LogP contribution < -0.4 is 15.5 Å². The van der Waals surface area contributed by atoms with Gasteiger partial charge in [-0.25, -0.2) is 9.78 Å². The number of nitrogens with one attached hydrogen (secondary N) is 2. The summed E-state index contributed by atoms with van der Waals surface area (Å²) in [4.78, 5) is 20.6. The van der Waals surface area contributed by atoms with E-state index in [-0.39, 0.29) is 12.1 Å². The van der Waals surface area contributed by atoms with Gasteiger partial charge in [0, 0.05) is 26.7 Å². The zero-order valence-electron chi connectivity index (χ0n) is 13.1. The topological polar surface area (TPSA) is 60.5 Å². The van der Waals surface area contributed by atoms with Crippen molar-refractivity contribution in [2.75, 3.05) is 43.9 Å². The molecule has 1 aromatic heterocycles. The van der Waals surface area contributed by atoms with Crippen LogP contribution in [0, 0.1) is 0 Å². The van der Waals surface area contributed by atoms with Gasteiger partial charge in [-0.1, -0.05) is 6.92 Å². The van der Waals surface area contributed by atoms with Gasteiger partial charge in [0.2, 0.25) is 0 Å². The first-order valence-electron chi connectivity index (χ1n) is 7.51. The number of anilines is 2. The second kappa shape index (κ2) is 7.26. The minimum atomic E-state index is -0.155. The number of nitrogens with zero attached hydrogens (tertiary/aromatic N) is 3. The van der Waals surface area contributed by atoms with Crippen molar-refractivity contribution in [3.63, 3.8) is 0 Å². The van der Waals surface area contributed by atoms with Gasteiger partial charge >= 0.3 is 6.03 Å². The van der Waals surface area contributed by atoms with Crippen LogP contribution >= 0.6 is 0 Å². The Balaban J connectivity index is 1.83. The summed E-state index contributed by atoms with van der Waals surface area (Å²) in [5.74, 6) is 0.867. The van der Waals surface area contributed by atoms with E-state index in [2.05, 4.69) is 27.4 Å². The second-order valence-corrected chi connectivity index (χ2v) is 5.63. The number of pyridine rings is 1. The predicted molar refractivity (Wildman–Crippen MR) is 85.9 cm³/mol. The lowest BCUT2D eigenvalue weighted by atomic mass is 10.1. The van der Waals surface area contributed by atoms with Crippen molar-refractivity contribution in [3.8, 4) is 0 Å². The minimum absolute atomic E-state index is 0.155. The average Bonchev–Trinajstić information content (AvgIpc) is 2.47. The third-order valence-corrected chi connectivity index (χ3v) is 3.75. The number of carbonyl (C=O) groups is 1. The molecule has 21 heavy (non-hydrogen) atoms. The SMILES string of the molecule is CCN1CCC[C@H](NC(=O)Nc2ccc(N(C)C)nc2)C1. The second-order valence-electron chi connectivity index (χ2n) is 5.63. The summed E-state index contributed by atoms with van der Waals surface area (Å²) >= 11 is 0. The average molecular weight is 291 g/mol. The molecule has 1 fully saturated rings. The number of hydrogen-bond donors (Lipinski definition) is 2. The molecule has 0 aromatic carbocycles. The Bertz CT molecular complexity index is 460. The highest BCUT2D eigenvalue weighted by Gasteiger charge is 2.20. The standard InChI is InChI=1S/C15H25N5O/c1-4-20-9-5-6-13(11-20)18-15(21)17-12-7-8-14(16-10-12)19(2)3/h7-8,10,13H,4-6,9,11H2,1-3H3,(H2,17,18,21)/t13-/m0/s1. The van der Waals surface area contributed by atoms with Gasteiger partial charge in [0.15, 0.2) is 0 Å². The molecule has 1 saturated heterocycles. The van der Waals surface area contributed by atoms with E-state index in [1.807, 2.05) is 31.1 Å². The Hall–Kier alpha value is -1.82. The fourth-order valence-corrected chi connectivity index (χ4v) is 2.54. The Labute approximate surface area is 126 Å². The lowest BCUT2D eigenvalue weighted by Crippen LogP contribution is -2.48. The van der Waals surface area contributed by atoms with Crippen LogP contribution in [0.3, 0.4) is 0 Å². The first-order valence-corrected chi connectivity index (χ1v) is 7.51. The highest BCUT2D eigenvalue weighted by atomic mass is 16.2. The number of amides is 2. The maximum Gasteiger partial charge on any atom is 0.319 e. The quantitative estimate of drug-likeness (QED) is 0.887. The van der Waals surface area contributed by atoms with Crippen molar-refractivity contribution >= 4 is 17.5 Å². The summed E-state index contributed by atoms with van der Waals surface area (Å²) < 4.78 is 0. The molecule has 0 spiro atoms. The van der Waals surface area contributed by atoms with Crippen molar-refractivity contribution in [1.29, 1.82) is 0 Å². The largest absolute Gasteiger partial charge is 0.363 e. The Kier molecular flexibility index (Phi) is 5.38. The van der Waals surface area contributed by atoms with E-state index in [1.165, 1.54) is 0 Å². The summed E-state index contributed by atoms with van der Waals surface area (Å²) in [5.41, 5.74) is 0.709. The monoisotopic (exact) mass is 291 g/mol. The molecule has 0 saturated carbocycles. The number of urea groups is 1. The lowest BCUT2D eigenvalue weighted by Gasteiger charge is -2.32. The molecule has 1 atom stereocenters. The van der Waals surface area contributed by atoms with E-state index >= 15 is 0 Å². The number of likely N-dealkylation sites (tertiary alicyclic amines) is 1. The summed E-state index contributed by atoms with van der Waals surface area (Å²) in [6.07, 6.45) is 3.85. The molecule has 2 rings (SSSR count). The van der Waals surface area contributed by atoms with Gasteiger partial charge in [-0.05, 0) is 38.1 Å². The molecular formula is C15H25N5O. The fourth-order valence-electron chi connectivity index (χ4n) is 2.54. The van der Waals surface area contributed by atoms with E-state index in [9.17, 15) is 4.79 Å². The van der Waals surface area contributed by atoms with Crippen molar-refractivity contribution in [1.82, 2.24) is 15.2 Å². The van der Waals surface area contributed by atoms with Crippen molar-refractivity contribution in [3.05, 3.63) is 18.3 Å². The molecule has 6 nitrogen and oxygen atoms in total. The molecule has 1 aliphatic rings. The van der Waals surface area contributed by atoms with Gasteiger partial charge in [-0.15, -0.1) is 0 Å². The number of piperidine rings is 1. The van der Waals surface area contributed by atoms with E-state index in [0.717, 1.165) is 38.3 Å². The molecule has 2 heterocycles. The van der Waals surface area contributed by atoms with Crippen LogP contribution in [0.25, 0.3) is 0 Å². The Morgan fingerprint density at radius 2 is 2.29 bits per heavy atom. The van der Waals surface area contributed by atoms with E-state index in [1.54, 1.807) is 6.20 Å². The van der Waals surface area contributed by atoms with Crippen LogP contribution in [0.4, 0.5) is 16.3 Å². The van der Waals surface area contributed by atoms with Gasteiger partial charge in [0.05, 0.1) is 11.9 Å². The molecule has 0 unspecified atom stereocenters. The molecule has 6 heteroatoms. The minimum Gasteiger partial charge on any atom is -0.363 e. The van der Waals surface area contributed by atoms with Crippen LogP contribution in [0.2, 0.25) is 0 Å². The van der Waals surface area contributed by atoms with Gasteiger partial charge < -0.3 is 20.4 Å². The first-order chi connectivity index (χ1) is 10.1. The molecule has 1 aliphatic heterocycles. The first kappa shape index (κ1) is 15.6. The van der Waals surface area contributed by atoms with Crippen LogP contribution in [0.15, 0.2) is 18.3 Å². The van der Waals surface area contributed by atoms with E-state index < -0.39 is 0 Å². The van der Waals surface area contributed by atoms with E-state index in [4.69, 9.17) is 0 Å². The molecule has 1 aromatic rings. The third kappa shape index (κ3) is 4.60. The zero-order valence-corrected chi connectivity index (χ0v) is 13.1. The fraction of sp³-hybridized carbons (Fsp3) is 0.600. The molecule has 0 bridgehead atoms. The van der Waals surface area contributed by atoms with Crippen LogP contribution in [0.1, 0.15) is 19.8 Å². The molecule has 0 aliphatic carbocycles. The molecule has 116 valence electrons. The molecule has 2 amide bonds. The normalized spacial score (nSPS) is 19.1. The van der Waals surface area contributed by atoms with Crippen molar-refractivity contribution in [2.24, 2.45) is 0 Å². The number of likely N-dealkylation sites (N-methyl/N-ethyl adjacent to an activating group) is 1. The van der Waals surface area contributed by atoms with Crippen LogP contribution in [0.5, 0.6) is 0 Å². The molecule has 0 radical (unpaired) electrons. The third-order valence-electron chi connectivity index (χ3n) is 3.75. The number of aromatic nitrogens is 1. The van der Waals surface area contributed by atoms with Gasteiger partial charge in [-0.2, -0.15) is 0 Å². The van der Waals surface area contributed by atoms with Crippen LogP contribution in [-0.2, 0) is 0 Å². The summed E-state index contributed by atoms with van der Waals surface area (Å²) in [6, 6.07) is 3.82. The molecular weight excluding hydrogens is 266 g/mol. The van der Waals surface area contributed by atoms with E-state index in [0.29, 0.717) is 5.69 Å². The predicted octanol–water partition coefficient (Wildman–Crippen LogP) is 1.75. The number of hydrogen-bond acceptors (Lipinski definition) is 4. The maximum absolute atomic E-state index is 12.0. The smallest absolute Gasteiger partial charge is 0.319 e. The summed E-state index contributed by atoms with van der Waals surface area (Å²) in [5, 5.41) is 5.88. The molecule has 2 N–H and O–H groups in total. The maximum atomic E-state index is 12.0. The van der Waals surface area contributed by atoms with Crippen molar-refractivity contribution in [2.45, 2.75) is 25.8 Å². The van der Waals surface area contributed by atoms with Gasteiger partial charge in [0.25, 0.3) is 0 Å². The van der Waals surface area contributed by atoms with Crippen LogP contribution in [-0.4, -0.2) is 55.7 Å². The Morgan fingerprint density at radius 3 is 2.90 bits per heavy atom. The number of carbonyl (C=O) groups excluding carboxylic acids is 1. The Morgan fingerprint density at radius 1 is 1.48 bits per heavy atom. The summed E-state index contributed by atoms with van der Waals surface area (Å²) in [6.45, 7) is 5.25.